The van der Waals surface area contributed by atoms with E-state index in [0.29, 0.717) is 16.8 Å². The summed E-state index contributed by atoms with van der Waals surface area (Å²) in [5.74, 6) is -1.06. The summed E-state index contributed by atoms with van der Waals surface area (Å²) in [6.07, 6.45) is 0. The SMILES string of the molecule is CC(=O)Nc1ccc(C(=O)NNC(=O)c2ccc(-c3ccccc3)cc2)cc1. The van der Waals surface area contributed by atoms with E-state index < -0.39 is 11.8 Å². The van der Waals surface area contributed by atoms with Gasteiger partial charge in [-0.15, -0.1) is 0 Å². The number of amides is 3. The molecule has 0 aromatic heterocycles. The number of hydrogen-bond acceptors (Lipinski definition) is 3. The molecule has 3 aromatic carbocycles. The molecule has 0 bridgehead atoms. The van der Waals surface area contributed by atoms with Crippen molar-refractivity contribution in [1.29, 1.82) is 0 Å². The van der Waals surface area contributed by atoms with Crippen LogP contribution in [0.1, 0.15) is 27.6 Å². The minimum Gasteiger partial charge on any atom is -0.326 e. The van der Waals surface area contributed by atoms with Crippen molar-refractivity contribution in [2.45, 2.75) is 6.92 Å². The van der Waals surface area contributed by atoms with Gasteiger partial charge in [0, 0.05) is 23.7 Å². The van der Waals surface area contributed by atoms with Gasteiger partial charge in [-0.25, -0.2) is 0 Å². The van der Waals surface area contributed by atoms with Crippen LogP contribution in [0.25, 0.3) is 11.1 Å². The third-order valence-corrected chi connectivity index (χ3v) is 4.01. The van der Waals surface area contributed by atoms with E-state index in [1.165, 1.54) is 6.92 Å². The van der Waals surface area contributed by atoms with Crippen molar-refractivity contribution in [3.05, 3.63) is 90.0 Å². The largest absolute Gasteiger partial charge is 0.326 e. The first-order chi connectivity index (χ1) is 13.5. The Hall–Kier alpha value is -3.93. The van der Waals surface area contributed by atoms with E-state index in [0.717, 1.165) is 11.1 Å². The van der Waals surface area contributed by atoms with Crippen LogP contribution in [0.15, 0.2) is 78.9 Å². The van der Waals surface area contributed by atoms with Gasteiger partial charge in [0.1, 0.15) is 0 Å². The van der Waals surface area contributed by atoms with Crippen LogP contribution in [0.4, 0.5) is 5.69 Å². The van der Waals surface area contributed by atoms with Crippen molar-refractivity contribution in [3.8, 4) is 11.1 Å². The minimum absolute atomic E-state index is 0.192. The molecule has 0 saturated carbocycles. The number of rotatable bonds is 4. The maximum atomic E-state index is 12.2. The minimum atomic E-state index is -0.455. The lowest BCUT2D eigenvalue weighted by molar-refractivity contribution is -0.114. The van der Waals surface area contributed by atoms with Crippen LogP contribution >= 0.6 is 0 Å². The molecule has 3 aromatic rings. The number of nitrogens with one attached hydrogen (secondary N) is 3. The van der Waals surface area contributed by atoms with E-state index in [1.807, 2.05) is 42.5 Å². The summed E-state index contributed by atoms with van der Waals surface area (Å²) in [6, 6.07) is 23.3. The van der Waals surface area contributed by atoms with Gasteiger partial charge >= 0.3 is 0 Å². The van der Waals surface area contributed by atoms with Crippen LogP contribution in [-0.2, 0) is 4.79 Å². The Balaban J connectivity index is 1.57. The van der Waals surface area contributed by atoms with Crippen LogP contribution < -0.4 is 16.2 Å². The maximum Gasteiger partial charge on any atom is 0.269 e. The lowest BCUT2D eigenvalue weighted by Gasteiger charge is -2.09. The highest BCUT2D eigenvalue weighted by molar-refractivity contribution is 5.99. The van der Waals surface area contributed by atoms with E-state index in [4.69, 9.17) is 0 Å². The Morgan fingerprint density at radius 3 is 1.57 bits per heavy atom. The molecule has 0 radical (unpaired) electrons. The van der Waals surface area contributed by atoms with E-state index in [1.54, 1.807) is 36.4 Å². The van der Waals surface area contributed by atoms with Gasteiger partial charge in [0.15, 0.2) is 0 Å². The second-order valence-electron chi connectivity index (χ2n) is 6.11. The fraction of sp³-hybridized carbons (Fsp3) is 0.0455. The first kappa shape index (κ1) is 18.8. The Bertz CT molecular complexity index is 982. The van der Waals surface area contributed by atoms with Crippen molar-refractivity contribution < 1.29 is 14.4 Å². The molecule has 0 aliphatic rings. The summed E-state index contributed by atoms with van der Waals surface area (Å²) in [5, 5.41) is 2.62. The maximum absolute atomic E-state index is 12.2. The molecule has 140 valence electrons. The molecular formula is C22H19N3O3. The predicted molar refractivity (Wildman–Crippen MR) is 108 cm³/mol. The Labute approximate surface area is 162 Å². The topological polar surface area (TPSA) is 87.3 Å². The fourth-order valence-corrected chi connectivity index (χ4v) is 2.61. The average molecular weight is 373 g/mol. The highest BCUT2D eigenvalue weighted by Crippen LogP contribution is 2.19. The van der Waals surface area contributed by atoms with Crippen molar-refractivity contribution in [1.82, 2.24) is 10.9 Å². The highest BCUT2D eigenvalue weighted by atomic mass is 16.2. The van der Waals surface area contributed by atoms with Crippen LogP contribution in [-0.4, -0.2) is 17.7 Å². The zero-order valence-corrected chi connectivity index (χ0v) is 15.2. The standard InChI is InChI=1S/C22H19N3O3/c1-15(26)23-20-13-11-19(12-14-20)22(28)25-24-21(27)18-9-7-17(8-10-18)16-5-3-2-4-6-16/h2-14H,1H3,(H,23,26)(H,24,27)(H,25,28). The predicted octanol–water partition coefficient (Wildman–Crippen LogP) is 3.39. The molecule has 0 atom stereocenters. The van der Waals surface area contributed by atoms with Crippen LogP contribution in [0.3, 0.4) is 0 Å². The molecule has 3 amide bonds. The number of carbonyl (C=O) groups excluding carboxylic acids is 3. The van der Waals surface area contributed by atoms with Crippen LogP contribution in [0.2, 0.25) is 0 Å². The second-order valence-corrected chi connectivity index (χ2v) is 6.11. The molecule has 6 heteroatoms. The molecule has 0 aliphatic heterocycles. The lowest BCUT2D eigenvalue weighted by Crippen LogP contribution is -2.41. The molecule has 3 rings (SSSR count). The normalized spacial score (nSPS) is 10.0. The van der Waals surface area contributed by atoms with Gasteiger partial charge in [-0.1, -0.05) is 42.5 Å². The molecule has 0 heterocycles. The van der Waals surface area contributed by atoms with Gasteiger partial charge in [0.05, 0.1) is 0 Å². The number of hydrazine groups is 1. The molecule has 0 unspecified atom stereocenters. The Morgan fingerprint density at radius 2 is 1.07 bits per heavy atom. The molecule has 6 nitrogen and oxygen atoms in total. The van der Waals surface area contributed by atoms with Crippen molar-refractivity contribution in [2.75, 3.05) is 5.32 Å². The molecule has 0 saturated heterocycles. The Morgan fingerprint density at radius 1 is 0.607 bits per heavy atom. The molecule has 3 N–H and O–H groups in total. The number of anilines is 1. The summed E-state index contributed by atoms with van der Waals surface area (Å²) in [7, 11) is 0. The van der Waals surface area contributed by atoms with Gasteiger partial charge in [-0.05, 0) is 47.5 Å². The zero-order valence-electron chi connectivity index (χ0n) is 15.2. The first-order valence-corrected chi connectivity index (χ1v) is 8.67. The molecule has 28 heavy (non-hydrogen) atoms. The fourth-order valence-electron chi connectivity index (χ4n) is 2.61. The average Bonchev–Trinajstić information content (AvgIpc) is 2.72. The molecule has 0 aliphatic carbocycles. The Kier molecular flexibility index (Phi) is 5.81. The van der Waals surface area contributed by atoms with Gasteiger partial charge < -0.3 is 5.32 Å². The van der Waals surface area contributed by atoms with Crippen molar-refractivity contribution in [2.24, 2.45) is 0 Å². The smallest absolute Gasteiger partial charge is 0.269 e. The first-order valence-electron chi connectivity index (χ1n) is 8.67. The summed E-state index contributed by atoms with van der Waals surface area (Å²) in [6.45, 7) is 1.41. The molecule has 0 spiro atoms. The quantitative estimate of drug-likeness (QED) is 0.613. The van der Waals surface area contributed by atoms with Gasteiger partial charge in [0.2, 0.25) is 5.91 Å². The summed E-state index contributed by atoms with van der Waals surface area (Å²) < 4.78 is 0. The van der Waals surface area contributed by atoms with E-state index in [9.17, 15) is 14.4 Å². The number of carbonyl (C=O) groups is 3. The monoisotopic (exact) mass is 373 g/mol. The van der Waals surface area contributed by atoms with Gasteiger partial charge in [0.25, 0.3) is 11.8 Å². The van der Waals surface area contributed by atoms with Gasteiger partial charge in [-0.2, -0.15) is 0 Å². The van der Waals surface area contributed by atoms with Gasteiger partial charge in [-0.3, -0.25) is 25.2 Å². The number of hydrogen-bond donors (Lipinski definition) is 3. The van der Waals surface area contributed by atoms with E-state index >= 15 is 0 Å². The zero-order chi connectivity index (χ0) is 19.9. The summed E-state index contributed by atoms with van der Waals surface area (Å²) in [5.41, 5.74) is 8.21. The lowest BCUT2D eigenvalue weighted by atomic mass is 10.0. The van der Waals surface area contributed by atoms with Crippen LogP contribution in [0, 0.1) is 0 Å². The van der Waals surface area contributed by atoms with Crippen molar-refractivity contribution in [3.63, 3.8) is 0 Å². The highest BCUT2D eigenvalue weighted by Gasteiger charge is 2.09. The third-order valence-electron chi connectivity index (χ3n) is 4.01. The molecular weight excluding hydrogens is 354 g/mol. The second kappa shape index (κ2) is 8.64. The van der Waals surface area contributed by atoms with Crippen LogP contribution in [0.5, 0.6) is 0 Å². The van der Waals surface area contributed by atoms with Crippen molar-refractivity contribution >= 4 is 23.4 Å². The van der Waals surface area contributed by atoms with E-state index in [-0.39, 0.29) is 5.91 Å². The third kappa shape index (κ3) is 4.82. The van der Waals surface area contributed by atoms with E-state index in [2.05, 4.69) is 16.2 Å². The summed E-state index contributed by atoms with van der Waals surface area (Å²) >= 11 is 0. The number of benzene rings is 3. The molecule has 0 fully saturated rings. The summed E-state index contributed by atoms with van der Waals surface area (Å²) in [4.78, 5) is 35.4.